The number of nitrogens with zero attached hydrogens (tertiary/aromatic N) is 1. The summed E-state index contributed by atoms with van der Waals surface area (Å²) < 4.78 is 5.17. The van der Waals surface area contributed by atoms with Crippen molar-refractivity contribution in [3.63, 3.8) is 0 Å². The van der Waals surface area contributed by atoms with E-state index in [0.29, 0.717) is 17.0 Å². The average molecular weight is 385 g/mol. The van der Waals surface area contributed by atoms with Gasteiger partial charge in [-0.05, 0) is 43.5 Å². The van der Waals surface area contributed by atoms with Gasteiger partial charge in [0.2, 0.25) is 5.91 Å². The number of hydrogen-bond acceptors (Lipinski definition) is 4. The Bertz CT molecular complexity index is 804. The fourth-order valence-electron chi connectivity index (χ4n) is 3.08. The summed E-state index contributed by atoms with van der Waals surface area (Å²) in [5.74, 6) is 0.874. The number of anilines is 1. The van der Waals surface area contributed by atoms with E-state index < -0.39 is 0 Å². The number of hydrogen-bond donors (Lipinski definition) is 1. The number of methoxy groups -OCH3 is 1. The summed E-state index contributed by atoms with van der Waals surface area (Å²) in [4.78, 5) is 27.9. The minimum Gasteiger partial charge on any atom is -0.497 e. The number of nitrogens with one attached hydrogen (secondary N) is 1. The predicted molar refractivity (Wildman–Crippen MR) is 109 cm³/mol. The molecule has 1 aliphatic heterocycles. The number of rotatable bonds is 6. The SMILES string of the molecule is COc1cccc(NC(=O)CSc2ccccc2C(=O)N2CCCCC2)c1. The molecular formula is C21H24N2O3S. The van der Waals surface area contributed by atoms with Gasteiger partial charge < -0.3 is 15.0 Å². The zero-order valence-corrected chi connectivity index (χ0v) is 16.3. The van der Waals surface area contributed by atoms with Gasteiger partial charge in [-0.3, -0.25) is 9.59 Å². The summed E-state index contributed by atoms with van der Waals surface area (Å²) in [6.45, 7) is 1.63. The van der Waals surface area contributed by atoms with Crippen LogP contribution in [-0.4, -0.2) is 42.7 Å². The lowest BCUT2D eigenvalue weighted by Gasteiger charge is -2.27. The van der Waals surface area contributed by atoms with Gasteiger partial charge in [0, 0.05) is 29.7 Å². The Balaban J connectivity index is 1.62. The first-order valence-electron chi connectivity index (χ1n) is 9.12. The molecule has 2 aromatic rings. The number of amides is 2. The van der Waals surface area contributed by atoms with Crippen molar-refractivity contribution >= 4 is 29.3 Å². The van der Waals surface area contributed by atoms with Crippen LogP contribution in [0.25, 0.3) is 0 Å². The topological polar surface area (TPSA) is 58.6 Å². The fourth-order valence-corrected chi connectivity index (χ4v) is 3.92. The Morgan fingerprint density at radius 2 is 1.85 bits per heavy atom. The molecule has 6 heteroatoms. The van der Waals surface area contributed by atoms with E-state index in [0.717, 1.165) is 30.8 Å². The van der Waals surface area contributed by atoms with Crippen molar-refractivity contribution in [2.24, 2.45) is 0 Å². The molecule has 1 saturated heterocycles. The second kappa shape index (κ2) is 9.46. The Labute approximate surface area is 164 Å². The summed E-state index contributed by atoms with van der Waals surface area (Å²) in [6.07, 6.45) is 3.30. The van der Waals surface area contributed by atoms with Crippen molar-refractivity contribution in [2.45, 2.75) is 24.2 Å². The largest absolute Gasteiger partial charge is 0.497 e. The molecule has 0 saturated carbocycles. The van der Waals surface area contributed by atoms with Crippen LogP contribution >= 0.6 is 11.8 Å². The normalized spacial score (nSPS) is 13.9. The van der Waals surface area contributed by atoms with Crippen LogP contribution in [0.3, 0.4) is 0 Å². The maximum atomic E-state index is 12.8. The lowest BCUT2D eigenvalue weighted by atomic mass is 10.1. The molecule has 0 aliphatic carbocycles. The molecule has 1 aliphatic rings. The molecule has 0 atom stereocenters. The average Bonchev–Trinajstić information content (AvgIpc) is 2.72. The number of ether oxygens (including phenoxy) is 1. The highest BCUT2D eigenvalue weighted by molar-refractivity contribution is 8.00. The molecule has 0 radical (unpaired) electrons. The minimum absolute atomic E-state index is 0.0611. The van der Waals surface area contributed by atoms with Crippen molar-refractivity contribution in [1.29, 1.82) is 0 Å². The van der Waals surface area contributed by atoms with E-state index >= 15 is 0 Å². The zero-order chi connectivity index (χ0) is 19.1. The Morgan fingerprint density at radius 1 is 1.07 bits per heavy atom. The van der Waals surface area contributed by atoms with Crippen LogP contribution in [0.4, 0.5) is 5.69 Å². The molecule has 3 rings (SSSR count). The molecule has 0 bridgehead atoms. The zero-order valence-electron chi connectivity index (χ0n) is 15.4. The van der Waals surface area contributed by atoms with Gasteiger partial charge >= 0.3 is 0 Å². The standard InChI is InChI=1S/C21H24N2O3S/c1-26-17-9-7-8-16(14-17)22-20(24)15-27-19-11-4-3-10-18(19)21(25)23-12-5-2-6-13-23/h3-4,7-11,14H,2,5-6,12-13,15H2,1H3,(H,22,24). The summed E-state index contributed by atoms with van der Waals surface area (Å²) in [7, 11) is 1.59. The van der Waals surface area contributed by atoms with Crippen LogP contribution in [0, 0.1) is 0 Å². The maximum Gasteiger partial charge on any atom is 0.254 e. The van der Waals surface area contributed by atoms with Gasteiger partial charge in [-0.1, -0.05) is 18.2 Å². The second-order valence-electron chi connectivity index (χ2n) is 6.42. The molecule has 27 heavy (non-hydrogen) atoms. The highest BCUT2D eigenvalue weighted by Gasteiger charge is 2.21. The predicted octanol–water partition coefficient (Wildman–Crippen LogP) is 4.05. The second-order valence-corrected chi connectivity index (χ2v) is 7.44. The van der Waals surface area contributed by atoms with E-state index in [1.165, 1.54) is 18.2 Å². The molecule has 1 N–H and O–H groups in total. The van der Waals surface area contributed by atoms with Crippen LogP contribution in [0.15, 0.2) is 53.4 Å². The van der Waals surface area contributed by atoms with Crippen LogP contribution in [0.1, 0.15) is 29.6 Å². The van der Waals surface area contributed by atoms with Crippen LogP contribution < -0.4 is 10.1 Å². The molecular weight excluding hydrogens is 360 g/mol. The highest BCUT2D eigenvalue weighted by Crippen LogP contribution is 2.25. The molecule has 5 nitrogen and oxygen atoms in total. The van der Waals surface area contributed by atoms with Gasteiger partial charge in [-0.25, -0.2) is 0 Å². The molecule has 142 valence electrons. The number of carbonyl (C=O) groups excluding carboxylic acids is 2. The van der Waals surface area contributed by atoms with Gasteiger partial charge in [0.1, 0.15) is 5.75 Å². The van der Waals surface area contributed by atoms with E-state index in [1.54, 1.807) is 13.2 Å². The number of likely N-dealkylation sites (tertiary alicyclic amines) is 1. The first-order chi connectivity index (χ1) is 13.2. The van der Waals surface area contributed by atoms with E-state index in [1.807, 2.05) is 47.4 Å². The third kappa shape index (κ3) is 5.26. The van der Waals surface area contributed by atoms with E-state index in [-0.39, 0.29) is 17.6 Å². The summed E-state index contributed by atoms with van der Waals surface area (Å²) >= 11 is 1.39. The Kier molecular flexibility index (Phi) is 6.76. The van der Waals surface area contributed by atoms with E-state index in [4.69, 9.17) is 4.74 Å². The highest BCUT2D eigenvalue weighted by atomic mass is 32.2. The van der Waals surface area contributed by atoms with Crippen LogP contribution in [-0.2, 0) is 4.79 Å². The van der Waals surface area contributed by atoms with Crippen molar-refractivity contribution < 1.29 is 14.3 Å². The quantitative estimate of drug-likeness (QED) is 0.764. The fraction of sp³-hybridized carbons (Fsp3) is 0.333. The maximum absolute atomic E-state index is 12.8. The van der Waals surface area contributed by atoms with Gasteiger partial charge in [0.15, 0.2) is 0 Å². The smallest absolute Gasteiger partial charge is 0.254 e. The van der Waals surface area contributed by atoms with Crippen molar-refractivity contribution in [3.05, 3.63) is 54.1 Å². The Morgan fingerprint density at radius 3 is 2.63 bits per heavy atom. The van der Waals surface area contributed by atoms with Gasteiger partial charge in [-0.2, -0.15) is 0 Å². The molecule has 2 amide bonds. The van der Waals surface area contributed by atoms with Gasteiger partial charge in [0.05, 0.1) is 18.4 Å². The molecule has 2 aromatic carbocycles. The summed E-state index contributed by atoms with van der Waals surface area (Å²) in [5, 5.41) is 2.86. The van der Waals surface area contributed by atoms with Crippen molar-refractivity contribution in [1.82, 2.24) is 4.90 Å². The number of thioether (sulfide) groups is 1. The molecule has 1 heterocycles. The van der Waals surface area contributed by atoms with Crippen LogP contribution in [0.2, 0.25) is 0 Å². The van der Waals surface area contributed by atoms with E-state index in [9.17, 15) is 9.59 Å². The first-order valence-corrected chi connectivity index (χ1v) is 10.1. The Hall–Kier alpha value is -2.47. The summed E-state index contributed by atoms with van der Waals surface area (Å²) in [5.41, 5.74) is 1.37. The van der Waals surface area contributed by atoms with Crippen molar-refractivity contribution in [3.8, 4) is 5.75 Å². The van der Waals surface area contributed by atoms with E-state index in [2.05, 4.69) is 5.32 Å². The minimum atomic E-state index is -0.117. The van der Waals surface area contributed by atoms with Crippen LogP contribution in [0.5, 0.6) is 5.75 Å². The number of carbonyl (C=O) groups is 2. The number of piperidine rings is 1. The molecule has 1 fully saturated rings. The summed E-state index contributed by atoms with van der Waals surface area (Å²) in [6, 6.07) is 14.8. The number of benzene rings is 2. The van der Waals surface area contributed by atoms with Gasteiger partial charge in [0.25, 0.3) is 5.91 Å². The third-order valence-corrected chi connectivity index (χ3v) is 5.55. The monoisotopic (exact) mass is 384 g/mol. The van der Waals surface area contributed by atoms with Gasteiger partial charge in [-0.15, -0.1) is 11.8 Å². The molecule has 0 aromatic heterocycles. The first kappa shape index (κ1) is 19.3. The molecule has 0 spiro atoms. The third-order valence-electron chi connectivity index (χ3n) is 4.47. The van der Waals surface area contributed by atoms with Crippen molar-refractivity contribution in [2.75, 3.05) is 31.3 Å². The molecule has 0 unspecified atom stereocenters. The lowest BCUT2D eigenvalue weighted by molar-refractivity contribution is -0.113. The lowest BCUT2D eigenvalue weighted by Crippen LogP contribution is -2.35.